The summed E-state index contributed by atoms with van der Waals surface area (Å²) < 4.78 is 0. The summed E-state index contributed by atoms with van der Waals surface area (Å²) in [6.07, 6.45) is 0. The van der Waals surface area contributed by atoms with Gasteiger partial charge in [0.25, 0.3) is 5.91 Å². The second kappa shape index (κ2) is 8.79. The standard InChI is InChI=1S/C15H25N3O2S/c1-5-16-11(4)9-17-15(20)13(10(2)3)18-14(19)12-7-6-8-21-12/h6-8,10-11,13,16H,5,9H2,1-4H3,(H,17,20)(H,18,19)/t11-,13?/m1/s1. The van der Waals surface area contributed by atoms with E-state index in [-0.39, 0.29) is 23.8 Å². The lowest BCUT2D eigenvalue weighted by Gasteiger charge is -2.22. The molecule has 2 atom stereocenters. The van der Waals surface area contributed by atoms with Crippen LogP contribution in [0.5, 0.6) is 0 Å². The molecule has 0 aliphatic carbocycles. The fraction of sp³-hybridized carbons (Fsp3) is 0.600. The van der Waals surface area contributed by atoms with E-state index < -0.39 is 6.04 Å². The highest BCUT2D eigenvalue weighted by Gasteiger charge is 2.24. The molecule has 1 rings (SSSR count). The van der Waals surface area contributed by atoms with Crippen molar-refractivity contribution in [2.24, 2.45) is 5.92 Å². The van der Waals surface area contributed by atoms with Crippen molar-refractivity contribution in [1.29, 1.82) is 0 Å². The Hall–Kier alpha value is -1.40. The maximum absolute atomic E-state index is 12.2. The molecule has 0 spiro atoms. The van der Waals surface area contributed by atoms with Crippen LogP contribution in [-0.4, -0.2) is 37.0 Å². The molecule has 0 aromatic carbocycles. The molecule has 0 fully saturated rings. The average Bonchev–Trinajstić information content (AvgIpc) is 2.96. The Balaban J connectivity index is 2.56. The number of carbonyl (C=O) groups excluding carboxylic acids is 2. The van der Waals surface area contributed by atoms with Crippen LogP contribution in [0, 0.1) is 5.92 Å². The third-order valence-electron chi connectivity index (χ3n) is 3.12. The summed E-state index contributed by atoms with van der Waals surface area (Å²) in [5.41, 5.74) is 0. The topological polar surface area (TPSA) is 70.2 Å². The van der Waals surface area contributed by atoms with Gasteiger partial charge in [-0.05, 0) is 30.8 Å². The van der Waals surface area contributed by atoms with Crippen molar-refractivity contribution in [2.45, 2.75) is 39.8 Å². The molecule has 118 valence electrons. The zero-order valence-corrected chi connectivity index (χ0v) is 13.9. The van der Waals surface area contributed by atoms with Gasteiger partial charge in [0.2, 0.25) is 5.91 Å². The van der Waals surface area contributed by atoms with E-state index in [0.29, 0.717) is 11.4 Å². The molecule has 1 heterocycles. The van der Waals surface area contributed by atoms with Crippen LogP contribution in [-0.2, 0) is 4.79 Å². The summed E-state index contributed by atoms with van der Waals surface area (Å²) in [6, 6.07) is 3.26. The van der Waals surface area contributed by atoms with E-state index in [2.05, 4.69) is 16.0 Å². The minimum Gasteiger partial charge on any atom is -0.353 e. The monoisotopic (exact) mass is 311 g/mol. The van der Waals surface area contributed by atoms with Crippen LogP contribution < -0.4 is 16.0 Å². The number of hydrogen-bond donors (Lipinski definition) is 3. The predicted octanol–water partition coefficient (Wildman–Crippen LogP) is 1.62. The van der Waals surface area contributed by atoms with Gasteiger partial charge in [0, 0.05) is 12.6 Å². The van der Waals surface area contributed by atoms with Crippen molar-refractivity contribution in [2.75, 3.05) is 13.1 Å². The Kier molecular flexibility index (Phi) is 7.39. The van der Waals surface area contributed by atoms with Gasteiger partial charge in [-0.25, -0.2) is 0 Å². The van der Waals surface area contributed by atoms with E-state index in [0.717, 1.165) is 6.54 Å². The second-order valence-electron chi connectivity index (χ2n) is 5.38. The number of amides is 2. The van der Waals surface area contributed by atoms with Gasteiger partial charge in [0.1, 0.15) is 6.04 Å². The molecular formula is C15H25N3O2S. The molecule has 5 nitrogen and oxygen atoms in total. The van der Waals surface area contributed by atoms with Gasteiger partial charge >= 0.3 is 0 Å². The van der Waals surface area contributed by atoms with Crippen molar-refractivity contribution in [1.82, 2.24) is 16.0 Å². The highest BCUT2D eigenvalue weighted by Crippen LogP contribution is 2.10. The molecule has 0 saturated carbocycles. The van der Waals surface area contributed by atoms with Gasteiger partial charge in [-0.2, -0.15) is 0 Å². The van der Waals surface area contributed by atoms with Crippen molar-refractivity contribution in [3.8, 4) is 0 Å². The van der Waals surface area contributed by atoms with Gasteiger partial charge in [-0.15, -0.1) is 11.3 Å². The van der Waals surface area contributed by atoms with Gasteiger partial charge in [-0.1, -0.05) is 26.8 Å². The fourth-order valence-corrected chi connectivity index (χ4v) is 2.57. The first kappa shape index (κ1) is 17.7. The smallest absolute Gasteiger partial charge is 0.262 e. The highest BCUT2D eigenvalue weighted by atomic mass is 32.1. The van der Waals surface area contributed by atoms with Gasteiger partial charge < -0.3 is 16.0 Å². The van der Waals surface area contributed by atoms with E-state index in [1.54, 1.807) is 6.07 Å². The summed E-state index contributed by atoms with van der Waals surface area (Å²) in [5, 5.41) is 10.8. The lowest BCUT2D eigenvalue weighted by atomic mass is 10.0. The number of likely N-dealkylation sites (N-methyl/N-ethyl adjacent to an activating group) is 1. The Morgan fingerprint density at radius 1 is 1.29 bits per heavy atom. The number of hydrogen-bond acceptors (Lipinski definition) is 4. The Labute approximate surface area is 130 Å². The van der Waals surface area contributed by atoms with E-state index >= 15 is 0 Å². The normalized spacial score (nSPS) is 13.8. The van der Waals surface area contributed by atoms with Gasteiger partial charge in [0.15, 0.2) is 0 Å². The average molecular weight is 311 g/mol. The Morgan fingerprint density at radius 2 is 2.00 bits per heavy atom. The molecule has 2 amide bonds. The van der Waals surface area contributed by atoms with Crippen LogP contribution in [0.3, 0.4) is 0 Å². The SMILES string of the molecule is CCN[C@H](C)CNC(=O)C(NC(=O)c1cccs1)C(C)C. The molecule has 21 heavy (non-hydrogen) atoms. The van der Waals surface area contributed by atoms with E-state index in [9.17, 15) is 9.59 Å². The minimum atomic E-state index is -0.520. The molecular weight excluding hydrogens is 286 g/mol. The molecule has 0 aliphatic rings. The highest BCUT2D eigenvalue weighted by molar-refractivity contribution is 7.12. The van der Waals surface area contributed by atoms with E-state index in [4.69, 9.17) is 0 Å². The third kappa shape index (κ3) is 5.85. The van der Waals surface area contributed by atoms with E-state index in [1.807, 2.05) is 39.1 Å². The van der Waals surface area contributed by atoms with Gasteiger partial charge in [0.05, 0.1) is 4.88 Å². The van der Waals surface area contributed by atoms with Crippen LogP contribution in [0.25, 0.3) is 0 Å². The quantitative estimate of drug-likeness (QED) is 0.683. The zero-order chi connectivity index (χ0) is 15.8. The molecule has 3 N–H and O–H groups in total. The van der Waals surface area contributed by atoms with Crippen LogP contribution in [0.2, 0.25) is 0 Å². The van der Waals surface area contributed by atoms with E-state index in [1.165, 1.54) is 11.3 Å². The first-order valence-electron chi connectivity index (χ1n) is 7.31. The van der Waals surface area contributed by atoms with Crippen molar-refractivity contribution in [3.63, 3.8) is 0 Å². The molecule has 0 aliphatic heterocycles. The first-order chi connectivity index (χ1) is 9.95. The third-order valence-corrected chi connectivity index (χ3v) is 3.98. The maximum atomic E-state index is 12.2. The molecule has 0 bridgehead atoms. The largest absolute Gasteiger partial charge is 0.353 e. The first-order valence-corrected chi connectivity index (χ1v) is 8.19. The number of thiophene rings is 1. The van der Waals surface area contributed by atoms with Crippen LogP contribution in [0.1, 0.15) is 37.4 Å². The summed E-state index contributed by atoms with van der Waals surface area (Å²) >= 11 is 1.37. The minimum absolute atomic E-state index is 0.0309. The number of carbonyl (C=O) groups is 2. The van der Waals surface area contributed by atoms with Crippen molar-refractivity contribution >= 4 is 23.2 Å². The molecule has 0 saturated heterocycles. The molecule has 1 aromatic rings. The summed E-state index contributed by atoms with van der Waals surface area (Å²) in [5.74, 6) is -0.304. The fourth-order valence-electron chi connectivity index (χ4n) is 1.94. The van der Waals surface area contributed by atoms with Crippen molar-refractivity contribution < 1.29 is 9.59 Å². The molecule has 6 heteroatoms. The zero-order valence-electron chi connectivity index (χ0n) is 13.1. The summed E-state index contributed by atoms with van der Waals surface area (Å²) in [6.45, 7) is 9.29. The van der Waals surface area contributed by atoms with Crippen LogP contribution in [0.15, 0.2) is 17.5 Å². The predicted molar refractivity (Wildman–Crippen MR) is 86.6 cm³/mol. The van der Waals surface area contributed by atoms with Crippen molar-refractivity contribution in [3.05, 3.63) is 22.4 Å². The lowest BCUT2D eigenvalue weighted by Crippen LogP contribution is -2.51. The molecule has 1 unspecified atom stereocenters. The lowest BCUT2D eigenvalue weighted by molar-refractivity contribution is -0.124. The van der Waals surface area contributed by atoms with Crippen LogP contribution in [0.4, 0.5) is 0 Å². The van der Waals surface area contributed by atoms with Crippen LogP contribution >= 0.6 is 11.3 Å². The molecule has 1 aromatic heterocycles. The molecule has 0 radical (unpaired) electrons. The van der Waals surface area contributed by atoms with Gasteiger partial charge in [-0.3, -0.25) is 9.59 Å². The number of rotatable bonds is 8. The maximum Gasteiger partial charge on any atom is 0.262 e. The summed E-state index contributed by atoms with van der Waals surface area (Å²) in [7, 11) is 0. The Bertz CT molecular complexity index is 446. The summed E-state index contributed by atoms with van der Waals surface area (Å²) in [4.78, 5) is 24.9. The second-order valence-corrected chi connectivity index (χ2v) is 6.32. The Morgan fingerprint density at radius 3 is 2.52 bits per heavy atom. The number of nitrogens with one attached hydrogen (secondary N) is 3.